The third-order valence-electron chi connectivity index (χ3n) is 3.86. The second kappa shape index (κ2) is 6.90. The van der Waals surface area contributed by atoms with Gasteiger partial charge in [0.05, 0.1) is 30.5 Å². The van der Waals surface area contributed by atoms with Gasteiger partial charge in [0.2, 0.25) is 0 Å². The van der Waals surface area contributed by atoms with E-state index >= 15 is 0 Å². The zero-order valence-corrected chi connectivity index (χ0v) is 12.8. The summed E-state index contributed by atoms with van der Waals surface area (Å²) in [6, 6.07) is 0. The number of allylic oxidation sites excluding steroid dienone is 1. The van der Waals surface area contributed by atoms with Crippen LogP contribution in [0.4, 0.5) is 0 Å². The van der Waals surface area contributed by atoms with Crippen LogP contribution in [0.3, 0.4) is 0 Å². The molecule has 2 bridgehead atoms. The van der Waals surface area contributed by atoms with Crippen LogP contribution in [0.1, 0.15) is 32.6 Å². The summed E-state index contributed by atoms with van der Waals surface area (Å²) in [6.45, 7) is 2.10. The van der Waals surface area contributed by atoms with Gasteiger partial charge in [0.1, 0.15) is 0 Å². The molecule has 19 heavy (non-hydrogen) atoms. The molecule has 0 saturated carbocycles. The Morgan fingerprint density at radius 2 is 2.05 bits per heavy atom. The van der Waals surface area contributed by atoms with E-state index in [4.69, 9.17) is 15.9 Å². The lowest BCUT2D eigenvalue weighted by molar-refractivity contribution is -0.0532. The van der Waals surface area contributed by atoms with Crippen molar-refractivity contribution in [3.63, 3.8) is 0 Å². The van der Waals surface area contributed by atoms with Crippen LogP contribution in [0.15, 0.2) is 12.2 Å². The quantitative estimate of drug-likeness (QED) is 0.638. The summed E-state index contributed by atoms with van der Waals surface area (Å²) in [6.07, 6.45) is 11.6. The first-order chi connectivity index (χ1) is 9.15. The van der Waals surface area contributed by atoms with Crippen LogP contribution in [-0.2, 0) is 9.47 Å². The van der Waals surface area contributed by atoms with Crippen LogP contribution >= 0.6 is 15.9 Å². The molecule has 2 rings (SSSR count). The van der Waals surface area contributed by atoms with Gasteiger partial charge in [-0.15, -0.1) is 6.42 Å². The van der Waals surface area contributed by atoms with Gasteiger partial charge in [-0.2, -0.15) is 0 Å². The molecule has 6 atom stereocenters. The van der Waals surface area contributed by atoms with Crippen LogP contribution in [0.5, 0.6) is 0 Å². The monoisotopic (exact) mass is 328 g/mol. The Labute approximate surface area is 123 Å². The highest BCUT2D eigenvalue weighted by atomic mass is 79.9. The van der Waals surface area contributed by atoms with E-state index in [9.17, 15) is 5.11 Å². The van der Waals surface area contributed by atoms with E-state index in [2.05, 4.69) is 28.8 Å². The molecule has 0 aromatic heterocycles. The minimum atomic E-state index is -0.425. The first-order valence-electron chi connectivity index (χ1n) is 6.89. The van der Waals surface area contributed by atoms with Crippen molar-refractivity contribution in [3.8, 4) is 12.3 Å². The van der Waals surface area contributed by atoms with E-state index in [1.165, 1.54) is 0 Å². The van der Waals surface area contributed by atoms with E-state index in [1.54, 1.807) is 6.08 Å². The molecule has 1 N–H and O–H groups in total. The van der Waals surface area contributed by atoms with Gasteiger partial charge in [-0.05, 0) is 25.3 Å². The summed E-state index contributed by atoms with van der Waals surface area (Å²) in [5.41, 5.74) is 0. The number of hydrogen-bond donors (Lipinski definition) is 1. The van der Waals surface area contributed by atoms with Crippen LogP contribution < -0.4 is 0 Å². The van der Waals surface area contributed by atoms with Gasteiger partial charge in [0.25, 0.3) is 0 Å². The number of alkyl halides is 1. The van der Waals surface area contributed by atoms with Crippen molar-refractivity contribution >= 4 is 15.9 Å². The molecule has 2 aliphatic rings. The second-order valence-corrected chi connectivity index (χ2v) is 6.37. The normalized spacial score (nSPS) is 42.8. The van der Waals surface area contributed by atoms with Crippen molar-refractivity contribution in [1.82, 2.24) is 0 Å². The topological polar surface area (TPSA) is 38.7 Å². The van der Waals surface area contributed by atoms with Gasteiger partial charge >= 0.3 is 0 Å². The molecule has 106 valence electrons. The molecule has 0 aromatic rings. The number of ether oxygens (including phenoxy) is 2. The van der Waals surface area contributed by atoms with Crippen molar-refractivity contribution in [2.75, 3.05) is 0 Å². The minimum absolute atomic E-state index is 0.00361. The Morgan fingerprint density at radius 1 is 1.32 bits per heavy atom. The summed E-state index contributed by atoms with van der Waals surface area (Å²) < 4.78 is 12.1. The predicted octanol–water partition coefficient (Wildman–Crippen LogP) is 2.42. The molecule has 6 unspecified atom stereocenters. The van der Waals surface area contributed by atoms with Crippen molar-refractivity contribution in [2.24, 2.45) is 0 Å². The Bertz CT molecular complexity index is 363. The fourth-order valence-electron chi connectivity index (χ4n) is 2.81. The highest BCUT2D eigenvalue weighted by molar-refractivity contribution is 9.09. The van der Waals surface area contributed by atoms with E-state index < -0.39 is 6.10 Å². The number of aliphatic hydroxyl groups is 1. The fraction of sp³-hybridized carbons (Fsp3) is 0.733. The molecule has 3 nitrogen and oxygen atoms in total. The highest BCUT2D eigenvalue weighted by Crippen LogP contribution is 2.35. The summed E-state index contributed by atoms with van der Waals surface area (Å²) in [7, 11) is 0. The highest BCUT2D eigenvalue weighted by Gasteiger charge is 2.43. The fourth-order valence-corrected chi connectivity index (χ4v) is 3.69. The van der Waals surface area contributed by atoms with Crippen molar-refractivity contribution in [2.45, 2.75) is 68.0 Å². The Morgan fingerprint density at radius 3 is 2.74 bits per heavy atom. The van der Waals surface area contributed by atoms with Gasteiger partial charge < -0.3 is 14.6 Å². The maximum absolute atomic E-state index is 10.2. The van der Waals surface area contributed by atoms with Gasteiger partial charge in [-0.25, -0.2) is 0 Å². The van der Waals surface area contributed by atoms with Gasteiger partial charge in [-0.1, -0.05) is 34.9 Å². The molecular weight excluding hydrogens is 308 g/mol. The molecule has 4 heteroatoms. The first kappa shape index (κ1) is 15.1. The molecule has 2 saturated heterocycles. The van der Waals surface area contributed by atoms with Crippen molar-refractivity contribution in [1.29, 1.82) is 0 Å². The Balaban J connectivity index is 2.07. The zero-order valence-electron chi connectivity index (χ0n) is 11.2. The SMILES string of the molecule is C#C/C=C/CC1OC2CC1OC(CC)C(Br)CC2O. The molecule has 0 spiro atoms. The van der Waals surface area contributed by atoms with Crippen LogP contribution in [0.2, 0.25) is 0 Å². The third-order valence-corrected chi connectivity index (χ3v) is 4.83. The average molecular weight is 329 g/mol. The lowest BCUT2D eigenvalue weighted by atomic mass is 9.97. The number of terminal acetylenes is 1. The van der Waals surface area contributed by atoms with Gasteiger partial charge in [0, 0.05) is 11.2 Å². The number of hydrogen-bond acceptors (Lipinski definition) is 3. The van der Waals surface area contributed by atoms with Crippen molar-refractivity contribution in [3.05, 3.63) is 12.2 Å². The number of halogens is 1. The number of fused-ring (bicyclic) bond motifs is 2. The smallest absolute Gasteiger partial charge is 0.0877 e. The van der Waals surface area contributed by atoms with E-state index in [-0.39, 0.29) is 29.2 Å². The summed E-state index contributed by atoms with van der Waals surface area (Å²) >= 11 is 3.63. The molecule has 2 fully saturated rings. The molecule has 0 aliphatic carbocycles. The Kier molecular flexibility index (Phi) is 5.47. The number of rotatable bonds is 3. The molecule has 2 aliphatic heterocycles. The van der Waals surface area contributed by atoms with E-state index in [1.807, 2.05) is 6.08 Å². The predicted molar refractivity (Wildman–Crippen MR) is 78.2 cm³/mol. The largest absolute Gasteiger partial charge is 0.390 e. The van der Waals surface area contributed by atoms with Crippen LogP contribution in [-0.4, -0.2) is 40.5 Å². The summed E-state index contributed by atoms with van der Waals surface area (Å²) in [4.78, 5) is 0.182. The van der Waals surface area contributed by atoms with Crippen LogP contribution in [0.25, 0.3) is 0 Å². The standard InChI is InChI=1S/C15H21BrO3/c1-3-5-6-7-13-15-9-14(19-13)11(17)8-10(16)12(4-2)18-15/h1,5-6,10-15,17H,4,7-9H2,2H3/b6-5+. The first-order valence-corrected chi connectivity index (χ1v) is 7.81. The maximum Gasteiger partial charge on any atom is 0.0877 e. The second-order valence-electron chi connectivity index (χ2n) is 5.19. The molecule has 0 radical (unpaired) electrons. The molecule has 0 amide bonds. The van der Waals surface area contributed by atoms with E-state index in [0.717, 1.165) is 19.3 Å². The van der Waals surface area contributed by atoms with Crippen molar-refractivity contribution < 1.29 is 14.6 Å². The zero-order chi connectivity index (χ0) is 13.8. The molecular formula is C15H21BrO3. The molecule has 2 heterocycles. The average Bonchev–Trinajstić information content (AvgIpc) is 2.79. The van der Waals surface area contributed by atoms with Crippen LogP contribution in [0, 0.1) is 12.3 Å². The number of aliphatic hydroxyl groups excluding tert-OH is 1. The summed E-state index contributed by atoms with van der Waals surface area (Å²) in [5.74, 6) is 2.48. The van der Waals surface area contributed by atoms with E-state index in [0.29, 0.717) is 6.42 Å². The minimum Gasteiger partial charge on any atom is -0.390 e. The lowest BCUT2D eigenvalue weighted by Crippen LogP contribution is -2.38. The molecule has 0 aromatic carbocycles. The van der Waals surface area contributed by atoms with Gasteiger partial charge in [-0.3, -0.25) is 0 Å². The Hall–Kier alpha value is -0.340. The lowest BCUT2D eigenvalue weighted by Gasteiger charge is -2.30. The summed E-state index contributed by atoms with van der Waals surface area (Å²) in [5, 5.41) is 10.2. The van der Waals surface area contributed by atoms with Gasteiger partial charge in [0.15, 0.2) is 0 Å². The maximum atomic E-state index is 10.2. The third kappa shape index (κ3) is 3.61.